The zero-order chi connectivity index (χ0) is 5.98. The van der Waals surface area contributed by atoms with E-state index in [0.717, 1.165) is 10.7 Å². The lowest BCUT2D eigenvalue weighted by Crippen LogP contribution is -2.24. The predicted molar refractivity (Wildman–Crippen MR) is 43.8 cm³/mol. The van der Waals surface area contributed by atoms with Crippen molar-refractivity contribution in [2.24, 2.45) is 5.92 Å². The molecule has 0 atom stereocenters. The Labute approximate surface area is 63.5 Å². The van der Waals surface area contributed by atoms with Crippen molar-refractivity contribution >= 4 is 27.7 Å². The number of rotatable bonds is 2. The van der Waals surface area contributed by atoms with E-state index in [1.807, 2.05) is 11.8 Å². The van der Waals surface area contributed by atoms with E-state index in [4.69, 9.17) is 0 Å². The van der Waals surface area contributed by atoms with Crippen molar-refractivity contribution in [3.63, 3.8) is 0 Å². The summed E-state index contributed by atoms with van der Waals surface area (Å²) in [4.78, 5) is 0.847. The van der Waals surface area contributed by atoms with E-state index >= 15 is 0 Å². The molecule has 0 saturated heterocycles. The Morgan fingerprint density at radius 2 is 2.25 bits per heavy atom. The monoisotopic (exact) mass is 194 g/mol. The Kier molecular flexibility index (Phi) is 2.70. The van der Waals surface area contributed by atoms with Gasteiger partial charge < -0.3 is 0 Å². The fourth-order valence-corrected chi connectivity index (χ4v) is 2.83. The molecule has 0 aromatic carbocycles. The molecule has 0 unspecified atom stereocenters. The van der Waals surface area contributed by atoms with Gasteiger partial charge in [0, 0.05) is 4.83 Å². The maximum Gasteiger partial charge on any atom is 0.0151 e. The third-order valence-corrected chi connectivity index (χ3v) is 3.13. The van der Waals surface area contributed by atoms with Crippen molar-refractivity contribution in [2.75, 3.05) is 12.0 Å². The first-order chi connectivity index (χ1) is 3.83. The van der Waals surface area contributed by atoms with Crippen LogP contribution in [0.15, 0.2) is 0 Å². The molecule has 0 N–H and O–H groups in total. The Morgan fingerprint density at radius 1 is 1.62 bits per heavy atom. The van der Waals surface area contributed by atoms with Gasteiger partial charge in [0.1, 0.15) is 0 Å². The smallest absolute Gasteiger partial charge is 0.0151 e. The number of hydrogen-bond donors (Lipinski definition) is 0. The highest BCUT2D eigenvalue weighted by molar-refractivity contribution is 9.09. The highest BCUT2D eigenvalue weighted by Crippen LogP contribution is 2.34. The molecule has 1 aliphatic carbocycles. The van der Waals surface area contributed by atoms with Gasteiger partial charge in [-0.15, -0.1) is 0 Å². The number of halogens is 1. The average Bonchev–Trinajstić information content (AvgIpc) is 1.64. The van der Waals surface area contributed by atoms with Gasteiger partial charge in [-0.05, 0) is 30.8 Å². The first kappa shape index (κ1) is 6.94. The molecule has 8 heavy (non-hydrogen) atoms. The molecule has 48 valence electrons. The standard InChI is InChI=1S/C6H11BrS/c1-8-4-5-2-6(7)3-5/h5-6H,2-4H2,1H3. The molecule has 0 heterocycles. The zero-order valence-electron chi connectivity index (χ0n) is 5.06. The molecule has 0 aromatic heterocycles. The minimum atomic E-state index is 0.847. The lowest BCUT2D eigenvalue weighted by molar-refractivity contribution is 0.373. The van der Waals surface area contributed by atoms with Crippen LogP contribution in [-0.2, 0) is 0 Å². The van der Waals surface area contributed by atoms with E-state index in [0.29, 0.717) is 0 Å². The largest absolute Gasteiger partial charge is 0.165 e. The van der Waals surface area contributed by atoms with E-state index < -0.39 is 0 Å². The SMILES string of the molecule is CSCC1CC(Br)C1. The topological polar surface area (TPSA) is 0 Å². The van der Waals surface area contributed by atoms with Crippen LogP contribution < -0.4 is 0 Å². The van der Waals surface area contributed by atoms with Gasteiger partial charge in [-0.3, -0.25) is 0 Å². The van der Waals surface area contributed by atoms with Gasteiger partial charge in [0.2, 0.25) is 0 Å². The van der Waals surface area contributed by atoms with Crippen molar-refractivity contribution in [1.82, 2.24) is 0 Å². The molecule has 0 aliphatic heterocycles. The van der Waals surface area contributed by atoms with Crippen molar-refractivity contribution in [3.05, 3.63) is 0 Å². The van der Waals surface area contributed by atoms with Crippen LogP contribution in [0.25, 0.3) is 0 Å². The van der Waals surface area contributed by atoms with Crippen molar-refractivity contribution in [1.29, 1.82) is 0 Å². The molecule has 0 bridgehead atoms. The fourth-order valence-electron chi connectivity index (χ4n) is 1.03. The average molecular weight is 195 g/mol. The molecule has 0 radical (unpaired) electrons. The molecule has 1 saturated carbocycles. The molecule has 0 spiro atoms. The molecule has 0 amide bonds. The maximum absolute atomic E-state index is 3.56. The molecule has 0 aromatic rings. The van der Waals surface area contributed by atoms with E-state index in [-0.39, 0.29) is 0 Å². The Bertz CT molecular complexity index is 66.2. The summed E-state index contributed by atoms with van der Waals surface area (Å²) >= 11 is 5.53. The molecule has 1 aliphatic rings. The molecular weight excluding hydrogens is 184 g/mol. The number of hydrogen-bond acceptors (Lipinski definition) is 1. The number of alkyl halides is 1. The van der Waals surface area contributed by atoms with Crippen LogP contribution in [0, 0.1) is 5.92 Å². The first-order valence-corrected chi connectivity index (χ1v) is 5.27. The summed E-state index contributed by atoms with van der Waals surface area (Å²) in [6.07, 6.45) is 4.99. The van der Waals surface area contributed by atoms with Gasteiger partial charge in [0.05, 0.1) is 0 Å². The number of thioether (sulfide) groups is 1. The van der Waals surface area contributed by atoms with Crippen LogP contribution in [0.3, 0.4) is 0 Å². The third-order valence-electron chi connectivity index (χ3n) is 1.58. The van der Waals surface area contributed by atoms with E-state index in [1.54, 1.807) is 0 Å². The predicted octanol–water partition coefficient (Wildman–Crippen LogP) is 2.52. The third kappa shape index (κ3) is 1.66. The summed E-state index contributed by atoms with van der Waals surface area (Å²) in [5.74, 6) is 2.39. The molecular formula is C6H11BrS. The van der Waals surface area contributed by atoms with Crippen LogP contribution >= 0.6 is 27.7 Å². The Hall–Kier alpha value is 0.830. The Balaban J connectivity index is 1.98. The van der Waals surface area contributed by atoms with Crippen molar-refractivity contribution in [3.8, 4) is 0 Å². The molecule has 0 nitrogen and oxygen atoms in total. The highest BCUT2D eigenvalue weighted by Gasteiger charge is 2.25. The van der Waals surface area contributed by atoms with Crippen LogP contribution in [0.2, 0.25) is 0 Å². The summed E-state index contributed by atoms with van der Waals surface area (Å²) in [7, 11) is 0. The van der Waals surface area contributed by atoms with Gasteiger partial charge in [0.15, 0.2) is 0 Å². The van der Waals surface area contributed by atoms with E-state index in [2.05, 4.69) is 22.2 Å². The quantitative estimate of drug-likeness (QED) is 0.610. The second kappa shape index (κ2) is 3.11. The lowest BCUT2D eigenvalue weighted by atomic mass is 9.87. The Morgan fingerprint density at radius 3 is 2.62 bits per heavy atom. The highest BCUT2D eigenvalue weighted by atomic mass is 79.9. The zero-order valence-corrected chi connectivity index (χ0v) is 7.46. The van der Waals surface area contributed by atoms with E-state index in [9.17, 15) is 0 Å². The molecule has 1 fully saturated rings. The lowest BCUT2D eigenvalue weighted by Gasteiger charge is -2.30. The van der Waals surface area contributed by atoms with Gasteiger partial charge >= 0.3 is 0 Å². The summed E-state index contributed by atoms with van der Waals surface area (Å²) < 4.78 is 0. The first-order valence-electron chi connectivity index (χ1n) is 2.96. The second-order valence-electron chi connectivity index (χ2n) is 2.39. The van der Waals surface area contributed by atoms with Gasteiger partial charge in [0.25, 0.3) is 0 Å². The normalized spacial score (nSPS) is 36.8. The van der Waals surface area contributed by atoms with E-state index in [1.165, 1.54) is 18.6 Å². The van der Waals surface area contributed by atoms with Gasteiger partial charge in [-0.25, -0.2) is 0 Å². The van der Waals surface area contributed by atoms with Gasteiger partial charge in [-0.2, -0.15) is 11.8 Å². The van der Waals surface area contributed by atoms with Crippen LogP contribution in [0.4, 0.5) is 0 Å². The van der Waals surface area contributed by atoms with Gasteiger partial charge in [-0.1, -0.05) is 15.9 Å². The van der Waals surface area contributed by atoms with Crippen molar-refractivity contribution in [2.45, 2.75) is 17.7 Å². The maximum atomic E-state index is 3.56. The van der Waals surface area contributed by atoms with Crippen LogP contribution in [-0.4, -0.2) is 16.8 Å². The second-order valence-corrected chi connectivity index (χ2v) is 4.60. The minimum absolute atomic E-state index is 0.847. The summed E-state index contributed by atoms with van der Waals surface area (Å²) in [6.45, 7) is 0. The summed E-state index contributed by atoms with van der Waals surface area (Å²) in [5, 5.41) is 0. The fraction of sp³-hybridized carbons (Fsp3) is 1.00. The summed E-state index contributed by atoms with van der Waals surface area (Å²) in [6, 6.07) is 0. The molecule has 2 heteroatoms. The minimum Gasteiger partial charge on any atom is -0.165 e. The molecule has 1 rings (SSSR count). The van der Waals surface area contributed by atoms with Crippen LogP contribution in [0.5, 0.6) is 0 Å². The summed E-state index contributed by atoms with van der Waals surface area (Å²) in [5.41, 5.74) is 0. The van der Waals surface area contributed by atoms with Crippen molar-refractivity contribution < 1.29 is 0 Å². The van der Waals surface area contributed by atoms with Crippen LogP contribution in [0.1, 0.15) is 12.8 Å².